The topological polar surface area (TPSA) is 148 Å². The van der Waals surface area contributed by atoms with E-state index < -0.39 is 47.5 Å². The van der Waals surface area contributed by atoms with Crippen molar-refractivity contribution in [3.05, 3.63) is 10.4 Å². The minimum atomic E-state index is -1.29. The highest BCUT2D eigenvalue weighted by Crippen LogP contribution is 2.38. The van der Waals surface area contributed by atoms with Crippen LogP contribution < -0.4 is 5.32 Å². The number of urea groups is 1. The fourth-order valence-electron chi connectivity index (χ4n) is 2.59. The summed E-state index contributed by atoms with van der Waals surface area (Å²) in [6.45, 7) is 1.29. The van der Waals surface area contributed by atoms with E-state index in [-0.39, 0.29) is 12.8 Å². The number of hydrogen-bond acceptors (Lipinski definition) is 6. The van der Waals surface area contributed by atoms with Gasteiger partial charge in [-0.1, -0.05) is 28.0 Å². The molecule has 0 saturated carbocycles. The molecule has 5 atom stereocenters. The van der Waals surface area contributed by atoms with Crippen LogP contribution in [0.15, 0.2) is 5.11 Å². The normalized spacial score (nSPS) is 38.6. The van der Waals surface area contributed by atoms with Crippen LogP contribution in [0.3, 0.4) is 0 Å². The monoisotopic (exact) mass is 377 g/mol. The third kappa shape index (κ3) is 2.66. The molecule has 0 aromatic rings. The first-order chi connectivity index (χ1) is 10.4. The Morgan fingerprint density at radius 3 is 2.82 bits per heavy atom. The Morgan fingerprint density at radius 2 is 2.32 bits per heavy atom. The van der Waals surface area contributed by atoms with Crippen molar-refractivity contribution in [1.82, 2.24) is 10.2 Å². The first-order valence-corrected chi connectivity index (χ1v) is 7.49. The quantitative estimate of drug-likeness (QED) is 0.276. The van der Waals surface area contributed by atoms with E-state index in [1.807, 2.05) is 0 Å². The third-order valence-electron chi connectivity index (χ3n) is 3.88. The standard InChI is InChI=1S/C11H16BrN5O5/c1-2-11(12)8(15-16-13)17(10(21)14-9(11)20)7-3-5(19)6(4-18)22-7/h5-8,18-19H,2-4H2,1H3,(H,14,20,21)/t5-,6+,7+,8-,11+/m0/s1. The van der Waals surface area contributed by atoms with Gasteiger partial charge in [-0.15, -0.1) is 0 Å². The van der Waals surface area contributed by atoms with Gasteiger partial charge in [0.1, 0.15) is 22.8 Å². The number of rotatable bonds is 4. The predicted molar refractivity (Wildman–Crippen MR) is 76.6 cm³/mol. The molecule has 22 heavy (non-hydrogen) atoms. The Balaban J connectivity index is 2.37. The van der Waals surface area contributed by atoms with Crippen molar-refractivity contribution in [2.45, 2.75) is 48.7 Å². The van der Waals surface area contributed by atoms with E-state index in [2.05, 4.69) is 31.3 Å². The van der Waals surface area contributed by atoms with Gasteiger partial charge in [-0.05, 0) is 12.0 Å². The summed E-state index contributed by atoms with van der Waals surface area (Å²) in [6, 6.07) is -0.776. The second kappa shape index (κ2) is 6.39. The highest BCUT2D eigenvalue weighted by Gasteiger charge is 2.55. The molecule has 122 valence electrons. The van der Waals surface area contributed by atoms with Gasteiger partial charge < -0.3 is 14.9 Å². The number of aliphatic hydroxyl groups excluding tert-OH is 2. The van der Waals surface area contributed by atoms with E-state index in [9.17, 15) is 14.7 Å². The zero-order valence-corrected chi connectivity index (χ0v) is 13.3. The number of nitrogens with one attached hydrogen (secondary N) is 1. The predicted octanol–water partition coefficient (Wildman–Crippen LogP) is 0.187. The van der Waals surface area contributed by atoms with Gasteiger partial charge in [-0.3, -0.25) is 15.0 Å². The first kappa shape index (κ1) is 17.0. The van der Waals surface area contributed by atoms with Gasteiger partial charge in [0, 0.05) is 11.3 Å². The molecule has 0 aliphatic carbocycles. The fraction of sp³-hybridized carbons (Fsp3) is 0.818. The lowest BCUT2D eigenvalue weighted by Crippen LogP contribution is -2.68. The zero-order valence-electron chi connectivity index (χ0n) is 11.7. The summed E-state index contributed by atoms with van der Waals surface area (Å²) >= 11 is 3.25. The molecule has 2 fully saturated rings. The second-order valence-corrected chi connectivity index (χ2v) is 6.49. The average molecular weight is 378 g/mol. The van der Waals surface area contributed by atoms with Crippen LogP contribution in [-0.2, 0) is 9.53 Å². The lowest BCUT2D eigenvalue weighted by Gasteiger charge is -2.44. The molecule has 0 spiro atoms. The summed E-state index contributed by atoms with van der Waals surface area (Å²) in [5, 5.41) is 24.7. The SMILES string of the molecule is CC[C@]1(Br)C(=O)NC(=O)N([C@H]2C[C@H](O)[C@@H](CO)O2)[C@@H]1N=[N+]=[N-]. The van der Waals surface area contributed by atoms with E-state index in [1.165, 1.54) is 0 Å². The zero-order chi connectivity index (χ0) is 16.5. The van der Waals surface area contributed by atoms with E-state index in [0.717, 1.165) is 4.90 Å². The van der Waals surface area contributed by atoms with Crippen molar-refractivity contribution >= 4 is 27.9 Å². The van der Waals surface area contributed by atoms with E-state index in [1.54, 1.807) is 6.92 Å². The highest BCUT2D eigenvalue weighted by molar-refractivity contribution is 9.10. The molecule has 3 amide bonds. The summed E-state index contributed by atoms with van der Waals surface area (Å²) in [6.07, 6.45) is -3.58. The number of hydrogen-bond donors (Lipinski definition) is 3. The van der Waals surface area contributed by atoms with Crippen molar-refractivity contribution in [3.8, 4) is 0 Å². The molecule has 2 heterocycles. The van der Waals surface area contributed by atoms with Gasteiger partial charge >= 0.3 is 6.03 Å². The van der Waals surface area contributed by atoms with E-state index in [0.29, 0.717) is 0 Å². The number of imide groups is 1. The maximum absolute atomic E-state index is 12.1. The van der Waals surface area contributed by atoms with Crippen LogP contribution in [0, 0.1) is 0 Å². The van der Waals surface area contributed by atoms with E-state index >= 15 is 0 Å². The molecule has 0 radical (unpaired) electrons. The Bertz CT molecular complexity index is 527. The molecular weight excluding hydrogens is 362 g/mol. The minimum Gasteiger partial charge on any atom is -0.394 e. The van der Waals surface area contributed by atoms with Gasteiger partial charge in [0.25, 0.3) is 0 Å². The molecule has 0 unspecified atom stereocenters. The fourth-order valence-corrected chi connectivity index (χ4v) is 3.00. The number of halogens is 1. The molecule has 3 N–H and O–H groups in total. The molecule has 2 saturated heterocycles. The van der Waals surface area contributed by atoms with Crippen molar-refractivity contribution in [2.24, 2.45) is 5.11 Å². The summed E-state index contributed by atoms with van der Waals surface area (Å²) in [5.41, 5.74) is 8.77. The first-order valence-electron chi connectivity index (χ1n) is 6.70. The lowest BCUT2D eigenvalue weighted by molar-refractivity contribution is -0.130. The molecule has 0 aromatic carbocycles. The summed E-state index contributed by atoms with van der Waals surface area (Å²) in [7, 11) is 0. The number of azide groups is 1. The van der Waals surface area contributed by atoms with Crippen LogP contribution in [-0.4, -0.2) is 62.6 Å². The number of aliphatic hydroxyl groups is 2. The number of carbonyl (C=O) groups excluding carboxylic acids is 2. The van der Waals surface area contributed by atoms with Crippen molar-refractivity contribution in [2.75, 3.05) is 6.61 Å². The molecule has 11 heteroatoms. The van der Waals surface area contributed by atoms with E-state index in [4.69, 9.17) is 15.4 Å². The maximum atomic E-state index is 12.1. The molecule has 2 aliphatic rings. The molecule has 10 nitrogen and oxygen atoms in total. The van der Waals surface area contributed by atoms with Crippen molar-refractivity contribution < 1.29 is 24.5 Å². The van der Waals surface area contributed by atoms with Crippen LogP contribution in [0.1, 0.15) is 19.8 Å². The number of amides is 3. The molecule has 0 aromatic heterocycles. The summed E-state index contributed by atoms with van der Waals surface area (Å²) in [5.74, 6) is -0.606. The van der Waals surface area contributed by atoms with Gasteiger partial charge in [-0.25, -0.2) is 4.79 Å². The van der Waals surface area contributed by atoms with Crippen LogP contribution in [0.25, 0.3) is 10.4 Å². The Hall–Kier alpha value is -1.39. The molecule has 2 aliphatic heterocycles. The van der Waals surface area contributed by atoms with Crippen molar-refractivity contribution in [1.29, 1.82) is 0 Å². The number of ether oxygens (including phenoxy) is 1. The Labute approximate surface area is 134 Å². The Morgan fingerprint density at radius 1 is 1.64 bits per heavy atom. The number of nitrogens with zero attached hydrogens (tertiary/aromatic N) is 4. The number of alkyl halides is 1. The van der Waals surface area contributed by atoms with Gasteiger partial charge in [0.15, 0.2) is 0 Å². The molecule has 2 rings (SSSR count). The van der Waals surface area contributed by atoms with Gasteiger partial charge in [-0.2, -0.15) is 0 Å². The van der Waals surface area contributed by atoms with Gasteiger partial charge in [0.05, 0.1) is 12.7 Å². The van der Waals surface area contributed by atoms with Crippen molar-refractivity contribution in [3.63, 3.8) is 0 Å². The van der Waals surface area contributed by atoms with Gasteiger partial charge in [0.2, 0.25) is 5.91 Å². The van der Waals surface area contributed by atoms with Crippen LogP contribution >= 0.6 is 15.9 Å². The largest absolute Gasteiger partial charge is 0.394 e. The second-order valence-electron chi connectivity index (χ2n) is 5.08. The minimum absolute atomic E-state index is 0.0388. The third-order valence-corrected chi connectivity index (χ3v) is 5.21. The van der Waals surface area contributed by atoms with Crippen LogP contribution in [0.2, 0.25) is 0 Å². The maximum Gasteiger partial charge on any atom is 0.326 e. The highest BCUT2D eigenvalue weighted by atomic mass is 79.9. The number of carbonyl (C=O) groups is 2. The summed E-state index contributed by atoms with van der Waals surface area (Å²) in [4.78, 5) is 28.0. The average Bonchev–Trinajstić information content (AvgIpc) is 2.85. The van der Waals surface area contributed by atoms with Crippen LogP contribution in [0.4, 0.5) is 4.79 Å². The van der Waals surface area contributed by atoms with Crippen LogP contribution in [0.5, 0.6) is 0 Å². The molecular formula is C11H16BrN5O5. The summed E-state index contributed by atoms with van der Waals surface area (Å²) < 4.78 is 4.14. The Kier molecular flexibility index (Phi) is 4.93. The lowest BCUT2D eigenvalue weighted by atomic mass is 9.98. The molecule has 0 bridgehead atoms. The smallest absolute Gasteiger partial charge is 0.326 e.